The van der Waals surface area contributed by atoms with Gasteiger partial charge in [-0.1, -0.05) is 47.5 Å². The zero-order valence-corrected chi connectivity index (χ0v) is 15.7. The van der Waals surface area contributed by atoms with Gasteiger partial charge in [0, 0.05) is 25.1 Å². The molecule has 0 saturated carbocycles. The largest absolute Gasteiger partial charge is 0.496 e. The number of para-hydroxylation sites is 2. The molecule has 2 amide bonds. The van der Waals surface area contributed by atoms with Crippen LogP contribution in [0.15, 0.2) is 42.5 Å². The van der Waals surface area contributed by atoms with E-state index in [-0.39, 0.29) is 18.2 Å². The van der Waals surface area contributed by atoms with E-state index < -0.39 is 5.92 Å². The molecule has 136 valence electrons. The first-order valence-electron chi connectivity index (χ1n) is 8.14. The third kappa shape index (κ3) is 3.94. The average molecular weight is 393 g/mol. The van der Waals surface area contributed by atoms with Gasteiger partial charge in [0.1, 0.15) is 5.75 Å². The van der Waals surface area contributed by atoms with E-state index in [0.29, 0.717) is 28.8 Å². The Balaban J connectivity index is 1.68. The second kappa shape index (κ2) is 7.98. The van der Waals surface area contributed by atoms with Crippen molar-refractivity contribution in [2.75, 3.05) is 19.0 Å². The fourth-order valence-electron chi connectivity index (χ4n) is 2.98. The Morgan fingerprint density at radius 2 is 1.88 bits per heavy atom. The SMILES string of the molecule is COc1ccccc1CN1CC(C(=O)Nc2c(Cl)cccc2Cl)CC1=O. The molecular formula is C19H18Cl2N2O3. The predicted octanol–water partition coefficient (Wildman–Crippen LogP) is 3.99. The van der Waals surface area contributed by atoms with Crippen LogP contribution in [0.2, 0.25) is 10.0 Å². The molecule has 0 aromatic heterocycles. The van der Waals surface area contributed by atoms with Crippen LogP contribution >= 0.6 is 23.2 Å². The lowest BCUT2D eigenvalue weighted by molar-refractivity contribution is -0.128. The van der Waals surface area contributed by atoms with E-state index in [1.165, 1.54) is 0 Å². The number of anilines is 1. The number of methoxy groups -OCH3 is 1. The average Bonchev–Trinajstić information content (AvgIpc) is 2.99. The van der Waals surface area contributed by atoms with E-state index in [4.69, 9.17) is 27.9 Å². The molecule has 1 aliphatic rings. The number of nitrogens with one attached hydrogen (secondary N) is 1. The summed E-state index contributed by atoms with van der Waals surface area (Å²) in [7, 11) is 1.59. The molecule has 1 fully saturated rings. The second-order valence-corrected chi connectivity index (χ2v) is 6.89. The number of rotatable bonds is 5. The van der Waals surface area contributed by atoms with Gasteiger partial charge in [-0.3, -0.25) is 9.59 Å². The van der Waals surface area contributed by atoms with Gasteiger partial charge in [-0.05, 0) is 18.2 Å². The molecule has 0 bridgehead atoms. The van der Waals surface area contributed by atoms with Crippen molar-refractivity contribution in [1.82, 2.24) is 4.90 Å². The van der Waals surface area contributed by atoms with E-state index in [1.807, 2.05) is 24.3 Å². The number of carbonyl (C=O) groups is 2. The minimum absolute atomic E-state index is 0.0682. The van der Waals surface area contributed by atoms with E-state index in [9.17, 15) is 9.59 Å². The van der Waals surface area contributed by atoms with Crippen LogP contribution in [0.3, 0.4) is 0 Å². The van der Waals surface area contributed by atoms with Crippen molar-refractivity contribution in [3.63, 3.8) is 0 Å². The minimum atomic E-state index is -0.454. The number of amides is 2. The lowest BCUT2D eigenvalue weighted by Gasteiger charge is -2.18. The highest BCUT2D eigenvalue weighted by atomic mass is 35.5. The summed E-state index contributed by atoms with van der Waals surface area (Å²) in [6.07, 6.45) is 0.156. The standard InChI is InChI=1S/C19H18Cl2N2O3/c1-26-16-8-3-2-5-12(16)10-23-11-13(9-17(23)24)19(25)22-18-14(20)6-4-7-15(18)21/h2-8,13H,9-11H2,1H3,(H,22,25). The molecule has 1 N–H and O–H groups in total. The molecular weight excluding hydrogens is 375 g/mol. The summed E-state index contributed by atoms with van der Waals surface area (Å²) in [6, 6.07) is 12.5. The lowest BCUT2D eigenvalue weighted by atomic mass is 10.1. The molecule has 1 saturated heterocycles. The van der Waals surface area contributed by atoms with Crippen molar-refractivity contribution in [2.24, 2.45) is 5.92 Å². The Morgan fingerprint density at radius 1 is 1.19 bits per heavy atom. The lowest BCUT2D eigenvalue weighted by Crippen LogP contribution is -2.28. The number of hydrogen-bond acceptors (Lipinski definition) is 3. The maximum absolute atomic E-state index is 12.6. The molecule has 0 radical (unpaired) electrons. The first kappa shape index (κ1) is 18.5. The van der Waals surface area contributed by atoms with Gasteiger partial charge < -0.3 is 15.0 Å². The predicted molar refractivity (Wildman–Crippen MR) is 102 cm³/mol. The number of benzene rings is 2. The van der Waals surface area contributed by atoms with Crippen LogP contribution in [-0.2, 0) is 16.1 Å². The summed E-state index contributed by atoms with van der Waals surface area (Å²) in [5.74, 6) is -0.0715. The van der Waals surface area contributed by atoms with Crippen LogP contribution in [0.4, 0.5) is 5.69 Å². The van der Waals surface area contributed by atoms with Gasteiger partial charge in [-0.15, -0.1) is 0 Å². The molecule has 0 spiro atoms. The number of halogens is 2. The zero-order chi connectivity index (χ0) is 18.7. The smallest absolute Gasteiger partial charge is 0.229 e. The van der Waals surface area contributed by atoms with Gasteiger partial charge in [-0.25, -0.2) is 0 Å². The number of likely N-dealkylation sites (tertiary alicyclic amines) is 1. The Bertz CT molecular complexity index is 821. The van der Waals surface area contributed by atoms with Crippen molar-refractivity contribution in [3.05, 3.63) is 58.1 Å². The van der Waals surface area contributed by atoms with Gasteiger partial charge in [0.15, 0.2) is 0 Å². The van der Waals surface area contributed by atoms with Crippen LogP contribution in [0, 0.1) is 5.92 Å². The van der Waals surface area contributed by atoms with E-state index in [2.05, 4.69) is 5.32 Å². The monoisotopic (exact) mass is 392 g/mol. The first-order chi connectivity index (χ1) is 12.5. The Kier molecular flexibility index (Phi) is 5.69. The van der Waals surface area contributed by atoms with E-state index in [1.54, 1.807) is 30.2 Å². The summed E-state index contributed by atoms with van der Waals surface area (Å²) in [4.78, 5) is 26.5. The molecule has 7 heteroatoms. The highest BCUT2D eigenvalue weighted by molar-refractivity contribution is 6.39. The van der Waals surface area contributed by atoms with Gasteiger partial charge in [0.25, 0.3) is 0 Å². The minimum Gasteiger partial charge on any atom is -0.496 e. The van der Waals surface area contributed by atoms with Crippen LogP contribution in [0.1, 0.15) is 12.0 Å². The highest BCUT2D eigenvalue weighted by Gasteiger charge is 2.35. The first-order valence-corrected chi connectivity index (χ1v) is 8.89. The number of nitrogens with zero attached hydrogens (tertiary/aromatic N) is 1. The third-order valence-electron chi connectivity index (χ3n) is 4.35. The molecule has 26 heavy (non-hydrogen) atoms. The Hall–Kier alpha value is -2.24. The molecule has 3 rings (SSSR count). The maximum Gasteiger partial charge on any atom is 0.229 e. The molecule has 0 aliphatic carbocycles. The maximum atomic E-state index is 12.6. The molecule has 1 atom stereocenters. The quantitative estimate of drug-likeness (QED) is 0.836. The van der Waals surface area contributed by atoms with Gasteiger partial charge in [-0.2, -0.15) is 0 Å². The van der Waals surface area contributed by atoms with Crippen LogP contribution < -0.4 is 10.1 Å². The number of hydrogen-bond donors (Lipinski definition) is 1. The summed E-state index contributed by atoms with van der Waals surface area (Å²) in [6.45, 7) is 0.740. The van der Waals surface area contributed by atoms with Gasteiger partial charge >= 0.3 is 0 Å². The fourth-order valence-corrected chi connectivity index (χ4v) is 3.47. The van der Waals surface area contributed by atoms with Crippen molar-refractivity contribution < 1.29 is 14.3 Å². The second-order valence-electron chi connectivity index (χ2n) is 6.07. The highest BCUT2D eigenvalue weighted by Crippen LogP contribution is 2.31. The summed E-state index contributed by atoms with van der Waals surface area (Å²) < 4.78 is 5.32. The molecule has 1 heterocycles. The fraction of sp³-hybridized carbons (Fsp3) is 0.263. The summed E-state index contributed by atoms with van der Waals surface area (Å²) in [5.41, 5.74) is 1.27. The number of ether oxygens (including phenoxy) is 1. The molecule has 5 nitrogen and oxygen atoms in total. The van der Waals surface area contributed by atoms with Gasteiger partial charge in [0.2, 0.25) is 11.8 Å². The molecule has 2 aromatic carbocycles. The van der Waals surface area contributed by atoms with Crippen LogP contribution in [-0.4, -0.2) is 30.4 Å². The Labute approximate surface area is 161 Å². The van der Waals surface area contributed by atoms with Crippen molar-refractivity contribution in [1.29, 1.82) is 0 Å². The normalized spacial score (nSPS) is 16.7. The zero-order valence-electron chi connectivity index (χ0n) is 14.2. The molecule has 2 aromatic rings. The van der Waals surface area contributed by atoms with Gasteiger partial charge in [0.05, 0.1) is 28.8 Å². The van der Waals surface area contributed by atoms with Crippen molar-refractivity contribution >= 4 is 40.7 Å². The topological polar surface area (TPSA) is 58.6 Å². The van der Waals surface area contributed by atoms with Crippen molar-refractivity contribution in [2.45, 2.75) is 13.0 Å². The van der Waals surface area contributed by atoms with Crippen molar-refractivity contribution in [3.8, 4) is 5.75 Å². The Morgan fingerprint density at radius 3 is 2.58 bits per heavy atom. The van der Waals surface area contributed by atoms with Crippen LogP contribution in [0.5, 0.6) is 5.75 Å². The molecule has 1 unspecified atom stereocenters. The summed E-state index contributed by atoms with van der Waals surface area (Å²) >= 11 is 12.2. The molecule has 1 aliphatic heterocycles. The number of carbonyl (C=O) groups excluding carboxylic acids is 2. The van der Waals surface area contributed by atoms with E-state index in [0.717, 1.165) is 11.3 Å². The van der Waals surface area contributed by atoms with E-state index >= 15 is 0 Å². The summed E-state index contributed by atoms with van der Waals surface area (Å²) in [5, 5.41) is 3.47. The third-order valence-corrected chi connectivity index (χ3v) is 4.98. The van der Waals surface area contributed by atoms with Crippen LogP contribution in [0.25, 0.3) is 0 Å².